The number of aryl methyl sites for hydroxylation is 1. The van der Waals surface area contributed by atoms with Crippen molar-refractivity contribution in [3.63, 3.8) is 0 Å². The Balaban J connectivity index is 2.22. The van der Waals surface area contributed by atoms with E-state index < -0.39 is 0 Å². The predicted molar refractivity (Wildman–Crippen MR) is 91.4 cm³/mol. The highest BCUT2D eigenvalue weighted by molar-refractivity contribution is 7.10. The average Bonchev–Trinajstić information content (AvgIpc) is 2.99. The smallest absolute Gasteiger partial charge is 0.134 e. The lowest BCUT2D eigenvalue weighted by Crippen LogP contribution is -2.21. The zero-order chi connectivity index (χ0) is 15.1. The van der Waals surface area contributed by atoms with Gasteiger partial charge in [-0.3, -0.25) is 0 Å². The summed E-state index contributed by atoms with van der Waals surface area (Å²) < 4.78 is 5.48. The van der Waals surface area contributed by atoms with Crippen molar-refractivity contribution < 1.29 is 4.74 Å². The molecule has 0 bridgehead atoms. The third-order valence-electron chi connectivity index (χ3n) is 3.68. The highest BCUT2D eigenvalue weighted by Crippen LogP contribution is 2.34. The molecule has 1 heterocycles. The second-order valence-corrected chi connectivity index (χ2v) is 6.14. The topological polar surface area (TPSA) is 21.3 Å². The lowest BCUT2D eigenvalue weighted by molar-refractivity contribution is 0.408. The number of hydrogen-bond donors (Lipinski definition) is 1. The summed E-state index contributed by atoms with van der Waals surface area (Å²) >= 11 is 1.75. The third-order valence-corrected chi connectivity index (χ3v) is 4.64. The predicted octanol–water partition coefficient (Wildman–Crippen LogP) is 4.80. The van der Waals surface area contributed by atoms with Gasteiger partial charge in [-0.25, -0.2) is 0 Å². The van der Waals surface area contributed by atoms with Crippen LogP contribution in [-0.4, -0.2) is 13.7 Å². The Morgan fingerprint density at radius 3 is 2.52 bits per heavy atom. The molecule has 0 aliphatic carbocycles. The van der Waals surface area contributed by atoms with Crippen LogP contribution in [0.5, 0.6) is 5.75 Å². The fraction of sp³-hybridized carbons (Fsp3) is 0.444. The van der Waals surface area contributed by atoms with Crippen molar-refractivity contribution in [1.82, 2.24) is 5.32 Å². The number of rotatable bonds is 8. The van der Waals surface area contributed by atoms with E-state index in [0.29, 0.717) is 0 Å². The zero-order valence-corrected chi connectivity index (χ0v) is 14.0. The van der Waals surface area contributed by atoms with Gasteiger partial charge < -0.3 is 10.1 Å². The van der Waals surface area contributed by atoms with Gasteiger partial charge in [-0.2, -0.15) is 0 Å². The van der Waals surface area contributed by atoms with Gasteiger partial charge in [0.2, 0.25) is 0 Å². The molecule has 2 rings (SSSR count). The van der Waals surface area contributed by atoms with Gasteiger partial charge >= 0.3 is 0 Å². The maximum atomic E-state index is 5.48. The van der Waals surface area contributed by atoms with Crippen LogP contribution in [0, 0.1) is 0 Å². The monoisotopic (exact) mass is 303 g/mol. The van der Waals surface area contributed by atoms with Gasteiger partial charge in [0.15, 0.2) is 0 Å². The van der Waals surface area contributed by atoms with E-state index in [0.717, 1.165) is 12.3 Å². The van der Waals surface area contributed by atoms with E-state index in [1.165, 1.54) is 35.3 Å². The summed E-state index contributed by atoms with van der Waals surface area (Å²) in [5.74, 6) is 0.973. The summed E-state index contributed by atoms with van der Waals surface area (Å²) in [5.41, 5.74) is 2.73. The maximum Gasteiger partial charge on any atom is 0.134 e. The van der Waals surface area contributed by atoms with E-state index in [4.69, 9.17) is 4.74 Å². The number of thiophene rings is 1. The van der Waals surface area contributed by atoms with Crippen LogP contribution < -0.4 is 10.1 Å². The molecule has 0 fully saturated rings. The largest absolute Gasteiger partial charge is 0.496 e. The molecule has 0 saturated carbocycles. The van der Waals surface area contributed by atoms with E-state index >= 15 is 0 Å². The first-order valence-electron chi connectivity index (χ1n) is 7.73. The first-order chi connectivity index (χ1) is 10.3. The van der Waals surface area contributed by atoms with Crippen molar-refractivity contribution in [1.29, 1.82) is 0 Å². The Labute approximate surface area is 132 Å². The maximum absolute atomic E-state index is 5.48. The molecular weight excluding hydrogens is 278 g/mol. The molecular formula is C18H25NOS. The summed E-state index contributed by atoms with van der Waals surface area (Å²) in [6, 6.07) is 11.3. The van der Waals surface area contributed by atoms with Crippen LogP contribution in [0.1, 0.15) is 48.7 Å². The fourth-order valence-electron chi connectivity index (χ4n) is 2.51. The molecule has 1 unspecified atom stereocenters. The molecule has 1 aromatic carbocycles. The van der Waals surface area contributed by atoms with Gasteiger partial charge in [-0.1, -0.05) is 44.5 Å². The summed E-state index contributed by atoms with van der Waals surface area (Å²) in [7, 11) is 1.74. The standard InChI is InChI=1S/C18H25NOS/c1-4-6-7-14-8-10-15(11-9-14)17(19-5-2)18-16(20-3)12-13-21-18/h8-13,17,19H,4-7H2,1-3H3. The van der Waals surface area contributed by atoms with E-state index in [1.54, 1.807) is 18.4 Å². The van der Waals surface area contributed by atoms with Gasteiger partial charge in [0.25, 0.3) is 0 Å². The van der Waals surface area contributed by atoms with Crippen LogP contribution in [0.3, 0.4) is 0 Å². The minimum atomic E-state index is 0.213. The van der Waals surface area contributed by atoms with Gasteiger partial charge in [0.05, 0.1) is 18.0 Å². The zero-order valence-electron chi connectivity index (χ0n) is 13.2. The van der Waals surface area contributed by atoms with Gasteiger partial charge in [-0.15, -0.1) is 11.3 Å². The fourth-order valence-corrected chi connectivity index (χ4v) is 3.47. The SMILES string of the molecule is CCCCc1ccc(C(NCC)c2sccc2OC)cc1. The van der Waals surface area contributed by atoms with Crippen molar-refractivity contribution in [2.45, 2.75) is 39.2 Å². The highest BCUT2D eigenvalue weighted by atomic mass is 32.1. The van der Waals surface area contributed by atoms with Crippen LogP contribution in [0.25, 0.3) is 0 Å². The second kappa shape index (κ2) is 8.20. The normalized spacial score (nSPS) is 12.3. The summed E-state index contributed by atoms with van der Waals surface area (Å²) in [4.78, 5) is 1.25. The second-order valence-electron chi connectivity index (χ2n) is 5.19. The molecule has 0 amide bonds. The molecule has 0 aliphatic heterocycles. The first kappa shape index (κ1) is 16.1. The quantitative estimate of drug-likeness (QED) is 0.756. The molecule has 0 radical (unpaired) electrons. The molecule has 2 nitrogen and oxygen atoms in total. The molecule has 21 heavy (non-hydrogen) atoms. The first-order valence-corrected chi connectivity index (χ1v) is 8.61. The van der Waals surface area contributed by atoms with Crippen molar-refractivity contribution in [3.05, 3.63) is 51.7 Å². The van der Waals surface area contributed by atoms with Crippen molar-refractivity contribution in [3.8, 4) is 5.75 Å². The van der Waals surface area contributed by atoms with Crippen LogP contribution in [0.2, 0.25) is 0 Å². The lowest BCUT2D eigenvalue weighted by Gasteiger charge is -2.19. The van der Waals surface area contributed by atoms with E-state index in [-0.39, 0.29) is 6.04 Å². The number of ether oxygens (including phenoxy) is 1. The van der Waals surface area contributed by atoms with Gasteiger partial charge in [-0.05, 0) is 42.0 Å². The molecule has 3 heteroatoms. The number of unbranched alkanes of at least 4 members (excludes halogenated alkanes) is 1. The van der Waals surface area contributed by atoms with Crippen molar-refractivity contribution in [2.75, 3.05) is 13.7 Å². The summed E-state index contributed by atoms with van der Waals surface area (Å²) in [5, 5.41) is 5.66. The van der Waals surface area contributed by atoms with Crippen LogP contribution >= 0.6 is 11.3 Å². The average molecular weight is 303 g/mol. The van der Waals surface area contributed by atoms with E-state index in [1.807, 2.05) is 6.07 Å². The molecule has 1 aromatic heterocycles. The number of benzene rings is 1. The summed E-state index contributed by atoms with van der Waals surface area (Å²) in [6.45, 7) is 5.31. The Morgan fingerprint density at radius 1 is 1.14 bits per heavy atom. The Hall–Kier alpha value is -1.32. The Kier molecular flexibility index (Phi) is 6.27. The number of hydrogen-bond acceptors (Lipinski definition) is 3. The van der Waals surface area contributed by atoms with Gasteiger partial charge in [0.1, 0.15) is 5.75 Å². The van der Waals surface area contributed by atoms with Crippen LogP contribution in [-0.2, 0) is 6.42 Å². The molecule has 0 saturated heterocycles. The Bertz CT molecular complexity index is 532. The number of nitrogens with one attached hydrogen (secondary N) is 1. The summed E-state index contributed by atoms with van der Waals surface area (Å²) in [6.07, 6.45) is 3.67. The van der Waals surface area contributed by atoms with Gasteiger partial charge in [0, 0.05) is 0 Å². The minimum absolute atomic E-state index is 0.213. The third kappa shape index (κ3) is 4.08. The minimum Gasteiger partial charge on any atom is -0.496 e. The number of methoxy groups -OCH3 is 1. The lowest BCUT2D eigenvalue weighted by atomic mass is 10.0. The highest BCUT2D eigenvalue weighted by Gasteiger charge is 2.18. The molecule has 114 valence electrons. The van der Waals surface area contributed by atoms with E-state index in [9.17, 15) is 0 Å². The van der Waals surface area contributed by atoms with Crippen LogP contribution in [0.4, 0.5) is 0 Å². The Morgan fingerprint density at radius 2 is 1.90 bits per heavy atom. The molecule has 0 aliphatic rings. The van der Waals surface area contributed by atoms with Crippen molar-refractivity contribution in [2.24, 2.45) is 0 Å². The molecule has 1 atom stereocenters. The van der Waals surface area contributed by atoms with Crippen LogP contribution in [0.15, 0.2) is 35.7 Å². The molecule has 1 N–H and O–H groups in total. The van der Waals surface area contributed by atoms with Crippen molar-refractivity contribution >= 4 is 11.3 Å². The molecule has 0 spiro atoms. The molecule has 2 aromatic rings. The van der Waals surface area contributed by atoms with E-state index in [2.05, 4.69) is 48.8 Å².